The second kappa shape index (κ2) is 6.14. The highest BCUT2D eigenvalue weighted by Crippen LogP contribution is 2.07. The lowest BCUT2D eigenvalue weighted by atomic mass is 10.1. The van der Waals surface area contributed by atoms with Crippen molar-refractivity contribution in [2.24, 2.45) is 7.05 Å². The highest BCUT2D eigenvalue weighted by atomic mass is 16.5. The standard InChI is InChI=1S/C12H16N2O5/c1-7-10(14(3)12(18)13-11(7)17)4-9(5-15)6-19-8(2)16/h4,15H,5-6H2,1-3H3,(H,13,17,18)/b9-4-. The van der Waals surface area contributed by atoms with Gasteiger partial charge in [-0.15, -0.1) is 0 Å². The minimum Gasteiger partial charge on any atom is -0.461 e. The van der Waals surface area contributed by atoms with Gasteiger partial charge in [-0.05, 0) is 18.6 Å². The maximum Gasteiger partial charge on any atom is 0.328 e. The highest BCUT2D eigenvalue weighted by molar-refractivity contribution is 5.66. The molecule has 0 spiro atoms. The number of carbonyl (C=O) groups excluding carboxylic acids is 1. The number of hydrogen-bond acceptors (Lipinski definition) is 5. The summed E-state index contributed by atoms with van der Waals surface area (Å²) in [7, 11) is 1.50. The van der Waals surface area contributed by atoms with E-state index in [2.05, 4.69) is 4.98 Å². The van der Waals surface area contributed by atoms with Crippen LogP contribution in [-0.4, -0.2) is 33.8 Å². The molecule has 7 heteroatoms. The van der Waals surface area contributed by atoms with Crippen LogP contribution < -0.4 is 11.2 Å². The van der Waals surface area contributed by atoms with E-state index in [9.17, 15) is 19.5 Å². The van der Waals surface area contributed by atoms with Crippen molar-refractivity contribution in [3.8, 4) is 0 Å². The van der Waals surface area contributed by atoms with Crippen molar-refractivity contribution in [1.29, 1.82) is 0 Å². The summed E-state index contributed by atoms with van der Waals surface area (Å²) >= 11 is 0. The van der Waals surface area contributed by atoms with Crippen LogP contribution in [0.25, 0.3) is 6.08 Å². The van der Waals surface area contributed by atoms with Gasteiger partial charge < -0.3 is 9.84 Å². The van der Waals surface area contributed by atoms with Gasteiger partial charge in [0.05, 0.1) is 12.3 Å². The highest BCUT2D eigenvalue weighted by Gasteiger charge is 2.08. The zero-order chi connectivity index (χ0) is 14.6. The second-order valence-corrected chi connectivity index (χ2v) is 4.07. The summed E-state index contributed by atoms with van der Waals surface area (Å²) in [5.41, 5.74) is 0.0606. The molecule has 0 saturated carbocycles. The van der Waals surface area contributed by atoms with E-state index in [0.29, 0.717) is 16.8 Å². The first-order chi connectivity index (χ1) is 8.86. The number of aliphatic hydroxyl groups is 1. The van der Waals surface area contributed by atoms with Crippen LogP contribution in [0.4, 0.5) is 0 Å². The number of nitrogens with zero attached hydrogens (tertiary/aromatic N) is 1. The molecule has 0 saturated heterocycles. The Balaban J connectivity index is 3.25. The number of H-pyrrole nitrogens is 1. The van der Waals surface area contributed by atoms with Gasteiger partial charge >= 0.3 is 11.7 Å². The molecule has 0 aromatic carbocycles. The zero-order valence-electron chi connectivity index (χ0n) is 11.0. The van der Waals surface area contributed by atoms with E-state index in [4.69, 9.17) is 4.74 Å². The Kier molecular flexibility index (Phi) is 4.82. The fourth-order valence-corrected chi connectivity index (χ4v) is 1.48. The Morgan fingerprint density at radius 3 is 2.63 bits per heavy atom. The number of ether oxygens (including phenoxy) is 1. The smallest absolute Gasteiger partial charge is 0.328 e. The lowest BCUT2D eigenvalue weighted by Crippen LogP contribution is -2.31. The molecule has 0 aliphatic rings. The molecule has 0 bridgehead atoms. The molecule has 0 aliphatic heterocycles. The Labute approximate surface area is 109 Å². The number of aromatic nitrogens is 2. The van der Waals surface area contributed by atoms with Crippen LogP contribution in [0, 0.1) is 6.92 Å². The Bertz CT molecular complexity index is 590. The van der Waals surface area contributed by atoms with Gasteiger partial charge in [-0.3, -0.25) is 19.1 Å². The summed E-state index contributed by atoms with van der Waals surface area (Å²) in [4.78, 5) is 35.9. The number of carbonyl (C=O) groups is 1. The summed E-state index contributed by atoms with van der Waals surface area (Å²) < 4.78 is 6.02. The van der Waals surface area contributed by atoms with Crippen LogP contribution in [0.15, 0.2) is 15.2 Å². The van der Waals surface area contributed by atoms with Gasteiger partial charge in [-0.1, -0.05) is 0 Å². The first-order valence-corrected chi connectivity index (χ1v) is 5.60. The molecule has 1 heterocycles. The molecule has 1 aromatic heterocycles. The van der Waals surface area contributed by atoms with E-state index in [0.717, 1.165) is 0 Å². The van der Waals surface area contributed by atoms with E-state index in [-0.39, 0.29) is 13.2 Å². The lowest BCUT2D eigenvalue weighted by Gasteiger charge is -2.09. The summed E-state index contributed by atoms with van der Waals surface area (Å²) in [5.74, 6) is -0.476. The van der Waals surface area contributed by atoms with Crippen LogP contribution in [0.1, 0.15) is 18.2 Å². The summed E-state index contributed by atoms with van der Waals surface area (Å²) in [6.07, 6.45) is 1.47. The predicted octanol–water partition coefficient (Wildman–Crippen LogP) is -0.679. The van der Waals surface area contributed by atoms with Gasteiger partial charge in [0.25, 0.3) is 5.56 Å². The van der Waals surface area contributed by atoms with Crippen molar-refractivity contribution in [2.75, 3.05) is 13.2 Å². The summed E-state index contributed by atoms with van der Waals surface area (Å²) in [6.45, 7) is 2.38. The molecular weight excluding hydrogens is 252 g/mol. The van der Waals surface area contributed by atoms with Crippen molar-refractivity contribution in [1.82, 2.24) is 9.55 Å². The summed E-state index contributed by atoms with van der Waals surface area (Å²) in [6, 6.07) is 0. The minimum atomic E-state index is -0.549. The molecule has 19 heavy (non-hydrogen) atoms. The molecule has 7 nitrogen and oxygen atoms in total. The molecule has 2 N–H and O–H groups in total. The van der Waals surface area contributed by atoms with Gasteiger partial charge in [0.1, 0.15) is 6.61 Å². The molecule has 0 radical (unpaired) electrons. The first kappa shape index (κ1) is 14.9. The molecule has 0 atom stereocenters. The second-order valence-electron chi connectivity index (χ2n) is 4.07. The van der Waals surface area contributed by atoms with Crippen LogP contribution >= 0.6 is 0 Å². The van der Waals surface area contributed by atoms with Gasteiger partial charge in [0.2, 0.25) is 0 Å². The van der Waals surface area contributed by atoms with E-state index >= 15 is 0 Å². The molecule has 1 aromatic rings. The molecule has 0 aliphatic carbocycles. The molecule has 0 amide bonds. The van der Waals surface area contributed by atoms with E-state index in [1.54, 1.807) is 6.92 Å². The quantitative estimate of drug-likeness (QED) is 0.705. The topological polar surface area (TPSA) is 101 Å². The predicted molar refractivity (Wildman–Crippen MR) is 68.7 cm³/mol. The van der Waals surface area contributed by atoms with Gasteiger partial charge in [-0.2, -0.15) is 0 Å². The first-order valence-electron chi connectivity index (χ1n) is 5.60. The number of esters is 1. The summed E-state index contributed by atoms with van der Waals surface area (Å²) in [5, 5.41) is 9.19. The minimum absolute atomic E-state index is 0.0910. The monoisotopic (exact) mass is 268 g/mol. The average Bonchev–Trinajstić information content (AvgIpc) is 2.35. The normalized spacial score (nSPS) is 11.5. The number of nitrogens with one attached hydrogen (secondary N) is 1. The van der Waals surface area contributed by atoms with Gasteiger partial charge in [0.15, 0.2) is 0 Å². The number of rotatable bonds is 4. The van der Waals surface area contributed by atoms with Crippen molar-refractivity contribution in [2.45, 2.75) is 13.8 Å². The number of aliphatic hydroxyl groups excluding tert-OH is 1. The Morgan fingerprint density at radius 2 is 2.11 bits per heavy atom. The van der Waals surface area contributed by atoms with Crippen molar-refractivity contribution < 1.29 is 14.6 Å². The SMILES string of the molecule is CC(=O)OC/C(=C\c1c(C)c(=O)[nH]c(=O)n1C)CO. The fraction of sp³-hybridized carbons (Fsp3) is 0.417. The lowest BCUT2D eigenvalue weighted by molar-refractivity contribution is -0.140. The Morgan fingerprint density at radius 1 is 1.47 bits per heavy atom. The van der Waals surface area contributed by atoms with Crippen molar-refractivity contribution >= 4 is 12.0 Å². The van der Waals surface area contributed by atoms with Crippen LogP contribution in [0.5, 0.6) is 0 Å². The maximum atomic E-state index is 11.5. The largest absolute Gasteiger partial charge is 0.461 e. The van der Waals surface area contributed by atoms with Crippen molar-refractivity contribution in [3.63, 3.8) is 0 Å². The molecule has 0 unspecified atom stereocenters. The molecule has 0 fully saturated rings. The van der Waals surface area contributed by atoms with Gasteiger partial charge in [0, 0.05) is 19.5 Å². The third kappa shape index (κ3) is 3.65. The number of aromatic amines is 1. The maximum absolute atomic E-state index is 11.5. The van der Waals surface area contributed by atoms with Gasteiger partial charge in [-0.25, -0.2) is 4.79 Å². The average molecular weight is 268 g/mol. The van der Waals surface area contributed by atoms with Crippen molar-refractivity contribution in [3.05, 3.63) is 37.7 Å². The third-order valence-corrected chi connectivity index (χ3v) is 2.62. The van der Waals surface area contributed by atoms with Crippen LogP contribution in [0.2, 0.25) is 0 Å². The Hall–Kier alpha value is -2.15. The zero-order valence-corrected chi connectivity index (χ0v) is 11.0. The van der Waals surface area contributed by atoms with Crippen LogP contribution in [0.3, 0.4) is 0 Å². The van der Waals surface area contributed by atoms with Crippen LogP contribution in [-0.2, 0) is 16.6 Å². The molecular formula is C12H16N2O5. The number of hydrogen-bond donors (Lipinski definition) is 2. The third-order valence-electron chi connectivity index (χ3n) is 2.62. The molecule has 104 valence electrons. The van der Waals surface area contributed by atoms with E-state index in [1.165, 1.54) is 24.6 Å². The van der Waals surface area contributed by atoms with E-state index < -0.39 is 17.2 Å². The molecule has 1 rings (SSSR count). The fourth-order valence-electron chi connectivity index (χ4n) is 1.48. The van der Waals surface area contributed by atoms with E-state index in [1.807, 2.05) is 0 Å².